The lowest BCUT2D eigenvalue weighted by Crippen LogP contribution is -2.32. The first kappa shape index (κ1) is 24.7. The third-order valence-corrected chi connectivity index (χ3v) is 6.96. The maximum atomic E-state index is 12.3. The van der Waals surface area contributed by atoms with Gasteiger partial charge in [0.05, 0.1) is 19.8 Å². The molecule has 2 heterocycles. The van der Waals surface area contributed by atoms with Crippen LogP contribution >= 0.6 is 35.3 Å². The molecule has 0 unspecified atom stereocenters. The number of guanidine groups is 1. The van der Waals surface area contributed by atoms with Crippen LogP contribution in [-0.4, -0.2) is 47.2 Å². The maximum absolute atomic E-state index is 12.3. The van der Waals surface area contributed by atoms with E-state index >= 15 is 0 Å². The SMILES string of the molecule is CCNC(=NCCNS(=O)(=O)c1ccc(C)s1)Nc1ccc2c(c1)OCCCO2.I. The van der Waals surface area contributed by atoms with E-state index in [0.717, 1.165) is 22.7 Å². The number of ether oxygens (including phenoxy) is 2. The molecular formula is C19H27IN4O4S2. The molecule has 0 spiro atoms. The minimum absolute atomic E-state index is 0. The fraction of sp³-hybridized carbons (Fsp3) is 0.421. The average Bonchev–Trinajstić information content (AvgIpc) is 3.00. The van der Waals surface area contributed by atoms with Gasteiger partial charge in [-0.15, -0.1) is 35.3 Å². The van der Waals surface area contributed by atoms with Gasteiger partial charge in [-0.05, 0) is 38.1 Å². The topological polar surface area (TPSA) is 101 Å². The van der Waals surface area contributed by atoms with Crippen LogP contribution in [-0.2, 0) is 10.0 Å². The van der Waals surface area contributed by atoms with Crippen molar-refractivity contribution in [2.75, 3.05) is 38.2 Å². The number of thiophene rings is 1. The van der Waals surface area contributed by atoms with Gasteiger partial charge >= 0.3 is 0 Å². The average molecular weight is 566 g/mol. The Morgan fingerprint density at radius 2 is 1.93 bits per heavy atom. The predicted molar refractivity (Wildman–Crippen MR) is 131 cm³/mol. The molecule has 30 heavy (non-hydrogen) atoms. The third-order valence-electron chi connectivity index (χ3n) is 4.01. The number of rotatable bonds is 7. The van der Waals surface area contributed by atoms with Crippen LogP contribution < -0.4 is 24.8 Å². The number of fused-ring (bicyclic) bond motifs is 1. The molecule has 0 radical (unpaired) electrons. The normalized spacial score (nSPS) is 13.9. The number of anilines is 1. The first-order valence-corrected chi connectivity index (χ1v) is 11.8. The van der Waals surface area contributed by atoms with E-state index in [1.54, 1.807) is 12.1 Å². The lowest BCUT2D eigenvalue weighted by atomic mass is 10.3. The molecular weight excluding hydrogens is 539 g/mol. The highest BCUT2D eigenvalue weighted by Crippen LogP contribution is 2.32. The van der Waals surface area contributed by atoms with E-state index in [9.17, 15) is 8.42 Å². The van der Waals surface area contributed by atoms with Crippen molar-refractivity contribution in [1.82, 2.24) is 10.0 Å². The smallest absolute Gasteiger partial charge is 0.250 e. The van der Waals surface area contributed by atoms with Crippen molar-refractivity contribution in [2.45, 2.75) is 24.5 Å². The first-order chi connectivity index (χ1) is 14.0. The zero-order valence-corrected chi connectivity index (χ0v) is 20.9. The molecule has 2 aromatic rings. The van der Waals surface area contributed by atoms with E-state index in [4.69, 9.17) is 9.47 Å². The summed E-state index contributed by atoms with van der Waals surface area (Å²) in [5, 5.41) is 6.36. The van der Waals surface area contributed by atoms with Crippen LogP contribution in [0, 0.1) is 6.92 Å². The van der Waals surface area contributed by atoms with Crippen molar-refractivity contribution in [3.8, 4) is 11.5 Å². The molecule has 0 fully saturated rings. The summed E-state index contributed by atoms with van der Waals surface area (Å²) >= 11 is 1.25. The van der Waals surface area contributed by atoms with Crippen molar-refractivity contribution in [1.29, 1.82) is 0 Å². The largest absolute Gasteiger partial charge is 0.490 e. The second kappa shape index (κ2) is 11.7. The summed E-state index contributed by atoms with van der Waals surface area (Å²) in [6.45, 7) is 6.28. The minimum Gasteiger partial charge on any atom is -0.490 e. The Morgan fingerprint density at radius 1 is 1.17 bits per heavy atom. The van der Waals surface area contributed by atoms with Gasteiger partial charge in [0.15, 0.2) is 17.5 Å². The van der Waals surface area contributed by atoms with Crippen LogP contribution in [0.2, 0.25) is 0 Å². The fourth-order valence-electron chi connectivity index (χ4n) is 2.66. The Bertz CT molecular complexity index is 963. The highest BCUT2D eigenvalue weighted by molar-refractivity contribution is 14.0. The van der Waals surface area contributed by atoms with Crippen LogP contribution in [0.5, 0.6) is 11.5 Å². The lowest BCUT2D eigenvalue weighted by Gasteiger charge is -2.14. The maximum Gasteiger partial charge on any atom is 0.250 e. The van der Waals surface area contributed by atoms with E-state index < -0.39 is 10.0 Å². The molecule has 0 saturated heterocycles. The van der Waals surface area contributed by atoms with Crippen molar-refractivity contribution in [2.24, 2.45) is 4.99 Å². The van der Waals surface area contributed by atoms with Crippen LogP contribution in [0.4, 0.5) is 5.69 Å². The lowest BCUT2D eigenvalue weighted by molar-refractivity contribution is 0.297. The Kier molecular flexibility index (Phi) is 9.65. The predicted octanol–water partition coefficient (Wildman–Crippen LogP) is 3.19. The molecule has 3 rings (SSSR count). The highest BCUT2D eigenvalue weighted by atomic mass is 127. The van der Waals surface area contributed by atoms with Gasteiger partial charge < -0.3 is 20.1 Å². The van der Waals surface area contributed by atoms with Gasteiger partial charge in [0.25, 0.3) is 0 Å². The van der Waals surface area contributed by atoms with Crippen molar-refractivity contribution in [3.63, 3.8) is 0 Å². The van der Waals surface area contributed by atoms with Crippen LogP contribution in [0.1, 0.15) is 18.2 Å². The summed E-state index contributed by atoms with van der Waals surface area (Å²) in [6.07, 6.45) is 0.850. The summed E-state index contributed by atoms with van der Waals surface area (Å²) in [7, 11) is -3.49. The first-order valence-electron chi connectivity index (χ1n) is 9.49. The summed E-state index contributed by atoms with van der Waals surface area (Å²) < 4.78 is 38.8. The molecule has 11 heteroatoms. The van der Waals surface area contributed by atoms with E-state index in [2.05, 4.69) is 20.3 Å². The van der Waals surface area contributed by atoms with Crippen molar-refractivity contribution in [3.05, 3.63) is 35.2 Å². The number of aliphatic imine (C=N–C) groups is 1. The molecule has 3 N–H and O–H groups in total. The molecule has 0 saturated carbocycles. The minimum atomic E-state index is -3.49. The van der Waals surface area contributed by atoms with Crippen LogP contribution in [0.25, 0.3) is 0 Å². The molecule has 1 aliphatic rings. The highest BCUT2D eigenvalue weighted by Gasteiger charge is 2.15. The number of aryl methyl sites for hydroxylation is 1. The van der Waals surface area contributed by atoms with E-state index in [-0.39, 0.29) is 30.5 Å². The standard InChI is InChI=1S/C19H26N4O4S2.HI/c1-3-20-19(21-9-10-22-29(24,25)18-8-5-14(2)28-18)23-15-6-7-16-17(13-15)27-12-4-11-26-16;/h5-8,13,22H,3-4,9-12H2,1-2H3,(H2,20,21,23);1H. The molecule has 0 amide bonds. The third kappa shape index (κ3) is 7.00. The molecule has 166 valence electrons. The van der Waals surface area contributed by atoms with E-state index in [1.165, 1.54) is 11.3 Å². The monoisotopic (exact) mass is 566 g/mol. The summed E-state index contributed by atoms with van der Waals surface area (Å²) in [5.74, 6) is 1.99. The second-order valence-electron chi connectivity index (χ2n) is 6.36. The Balaban J connectivity index is 0.00000320. The molecule has 0 atom stereocenters. The van der Waals surface area contributed by atoms with Gasteiger partial charge in [-0.25, -0.2) is 13.1 Å². The molecule has 1 aromatic heterocycles. The van der Waals surface area contributed by atoms with Gasteiger partial charge in [0, 0.05) is 36.1 Å². The molecule has 0 aliphatic carbocycles. The molecule has 1 aliphatic heterocycles. The Labute approximate surface area is 198 Å². The molecule has 8 nitrogen and oxygen atoms in total. The number of halogens is 1. The van der Waals surface area contributed by atoms with E-state index in [0.29, 0.717) is 42.2 Å². The Morgan fingerprint density at radius 3 is 2.63 bits per heavy atom. The number of nitrogens with one attached hydrogen (secondary N) is 3. The van der Waals surface area contributed by atoms with Crippen molar-refractivity contribution >= 4 is 57.0 Å². The van der Waals surface area contributed by atoms with Gasteiger partial charge in [-0.2, -0.15) is 0 Å². The Hall–Kier alpha value is -1.57. The number of benzene rings is 1. The number of nitrogens with zero attached hydrogens (tertiary/aromatic N) is 1. The van der Waals surface area contributed by atoms with Crippen LogP contribution in [0.15, 0.2) is 39.5 Å². The van der Waals surface area contributed by atoms with Gasteiger partial charge in [0.2, 0.25) is 10.0 Å². The van der Waals surface area contributed by atoms with Gasteiger partial charge in [0.1, 0.15) is 4.21 Å². The second-order valence-corrected chi connectivity index (χ2v) is 9.64. The summed E-state index contributed by atoms with van der Waals surface area (Å²) in [5.41, 5.74) is 0.809. The number of sulfonamides is 1. The zero-order chi connectivity index (χ0) is 20.7. The van der Waals surface area contributed by atoms with Gasteiger partial charge in [-0.3, -0.25) is 4.99 Å². The zero-order valence-electron chi connectivity index (χ0n) is 16.9. The number of hydrogen-bond donors (Lipinski definition) is 3. The molecule has 0 bridgehead atoms. The fourth-order valence-corrected chi connectivity index (χ4v) is 5.01. The van der Waals surface area contributed by atoms with Gasteiger partial charge in [-0.1, -0.05) is 0 Å². The number of hydrogen-bond acceptors (Lipinski definition) is 6. The summed E-state index contributed by atoms with van der Waals surface area (Å²) in [6, 6.07) is 9.03. The van der Waals surface area contributed by atoms with Crippen LogP contribution in [0.3, 0.4) is 0 Å². The quantitative estimate of drug-likeness (QED) is 0.206. The van der Waals surface area contributed by atoms with E-state index in [1.807, 2.05) is 32.0 Å². The van der Waals surface area contributed by atoms with Crippen molar-refractivity contribution < 1.29 is 17.9 Å². The molecule has 1 aromatic carbocycles. The summed E-state index contributed by atoms with van der Waals surface area (Å²) in [4.78, 5) is 5.40.